The van der Waals surface area contributed by atoms with Crippen LogP contribution in [0, 0.1) is 5.82 Å². The molecule has 0 spiro atoms. The molecule has 1 aliphatic heterocycles. The molecule has 0 saturated carbocycles. The van der Waals surface area contributed by atoms with Gasteiger partial charge in [-0.05, 0) is 17.7 Å². The molecule has 1 aliphatic rings. The Labute approximate surface area is 127 Å². The smallest absolute Gasteiger partial charge is 0.242 e. The molecule has 0 unspecified atom stereocenters. The van der Waals surface area contributed by atoms with E-state index in [9.17, 15) is 18.8 Å². The van der Waals surface area contributed by atoms with Gasteiger partial charge in [-0.1, -0.05) is 12.1 Å². The number of amides is 3. The zero-order valence-electron chi connectivity index (χ0n) is 12.1. The van der Waals surface area contributed by atoms with E-state index in [4.69, 9.17) is 0 Å². The van der Waals surface area contributed by atoms with Crippen molar-refractivity contribution in [3.05, 3.63) is 35.6 Å². The van der Waals surface area contributed by atoms with Gasteiger partial charge in [0.1, 0.15) is 5.82 Å². The van der Waals surface area contributed by atoms with Crippen molar-refractivity contribution in [3.63, 3.8) is 0 Å². The summed E-state index contributed by atoms with van der Waals surface area (Å²) in [5, 5.41) is 2.54. The molecule has 1 aromatic rings. The number of nitrogens with zero attached hydrogens (tertiary/aromatic N) is 2. The Morgan fingerprint density at radius 1 is 1.23 bits per heavy atom. The van der Waals surface area contributed by atoms with Gasteiger partial charge in [0.2, 0.25) is 18.2 Å². The first-order chi connectivity index (χ1) is 10.6. The van der Waals surface area contributed by atoms with Crippen molar-refractivity contribution in [2.45, 2.75) is 6.42 Å². The van der Waals surface area contributed by atoms with E-state index in [2.05, 4.69) is 5.32 Å². The van der Waals surface area contributed by atoms with Crippen LogP contribution in [0.1, 0.15) is 5.56 Å². The maximum atomic E-state index is 13.0. The van der Waals surface area contributed by atoms with Crippen LogP contribution in [-0.2, 0) is 20.8 Å². The highest BCUT2D eigenvalue weighted by Gasteiger charge is 2.20. The van der Waals surface area contributed by atoms with Crippen molar-refractivity contribution in [2.24, 2.45) is 0 Å². The highest BCUT2D eigenvalue weighted by Crippen LogP contribution is 2.04. The number of piperazine rings is 1. The number of hydrogen-bond donors (Lipinski definition) is 1. The quantitative estimate of drug-likeness (QED) is 0.765. The summed E-state index contributed by atoms with van der Waals surface area (Å²) < 4.78 is 13.0. The second kappa shape index (κ2) is 7.53. The third-order valence-corrected chi connectivity index (χ3v) is 3.51. The number of hydrogen-bond acceptors (Lipinski definition) is 3. The lowest BCUT2D eigenvalue weighted by Crippen LogP contribution is -2.50. The standard InChI is InChI=1S/C15H18FN3O3/c16-13-3-1-2-12(8-13)9-14(21)17-10-15(22)19-6-4-18(11-20)5-7-19/h1-3,8,11H,4-7,9-10H2,(H,17,21). The van der Waals surface area contributed by atoms with E-state index in [0.29, 0.717) is 31.7 Å². The lowest BCUT2D eigenvalue weighted by molar-refractivity contribution is -0.135. The minimum atomic E-state index is -0.394. The number of benzene rings is 1. The second-order valence-corrected chi connectivity index (χ2v) is 5.11. The topological polar surface area (TPSA) is 69.7 Å². The molecule has 2 rings (SSSR count). The molecule has 1 heterocycles. The van der Waals surface area contributed by atoms with Gasteiger partial charge in [0.15, 0.2) is 0 Å². The van der Waals surface area contributed by atoms with Gasteiger partial charge in [0, 0.05) is 26.2 Å². The van der Waals surface area contributed by atoms with Crippen molar-refractivity contribution in [1.29, 1.82) is 0 Å². The first kappa shape index (κ1) is 15.9. The molecule has 7 heteroatoms. The van der Waals surface area contributed by atoms with Gasteiger partial charge in [-0.2, -0.15) is 0 Å². The molecular formula is C15H18FN3O3. The molecule has 3 amide bonds. The van der Waals surface area contributed by atoms with Crippen LogP contribution >= 0.6 is 0 Å². The van der Waals surface area contributed by atoms with Crippen molar-refractivity contribution < 1.29 is 18.8 Å². The first-order valence-electron chi connectivity index (χ1n) is 7.07. The molecule has 0 radical (unpaired) electrons. The third-order valence-electron chi connectivity index (χ3n) is 3.51. The number of rotatable bonds is 5. The highest BCUT2D eigenvalue weighted by molar-refractivity contribution is 5.85. The van der Waals surface area contributed by atoms with E-state index >= 15 is 0 Å². The summed E-state index contributed by atoms with van der Waals surface area (Å²) >= 11 is 0. The van der Waals surface area contributed by atoms with Crippen LogP contribution < -0.4 is 5.32 Å². The summed E-state index contributed by atoms with van der Waals surface area (Å²) in [5.74, 6) is -0.905. The van der Waals surface area contributed by atoms with Gasteiger partial charge in [0.05, 0.1) is 13.0 Å². The molecule has 118 valence electrons. The summed E-state index contributed by atoms with van der Waals surface area (Å²) in [6, 6.07) is 5.79. The van der Waals surface area contributed by atoms with Crippen molar-refractivity contribution in [3.8, 4) is 0 Å². The van der Waals surface area contributed by atoms with Crippen LogP contribution in [0.5, 0.6) is 0 Å². The molecule has 1 saturated heterocycles. The molecule has 1 fully saturated rings. The third kappa shape index (κ3) is 4.54. The molecule has 0 aromatic heterocycles. The van der Waals surface area contributed by atoms with Gasteiger partial charge in [-0.15, -0.1) is 0 Å². The molecule has 6 nitrogen and oxygen atoms in total. The summed E-state index contributed by atoms with van der Waals surface area (Å²) in [4.78, 5) is 37.5. The minimum absolute atomic E-state index is 0.0317. The van der Waals surface area contributed by atoms with E-state index in [-0.39, 0.29) is 24.8 Å². The normalized spacial score (nSPS) is 14.6. The lowest BCUT2D eigenvalue weighted by atomic mass is 10.1. The van der Waals surface area contributed by atoms with Crippen LogP contribution in [0.2, 0.25) is 0 Å². The van der Waals surface area contributed by atoms with E-state index in [0.717, 1.165) is 6.41 Å². The largest absolute Gasteiger partial charge is 0.347 e. The Balaban J connectivity index is 1.74. The van der Waals surface area contributed by atoms with Crippen molar-refractivity contribution >= 4 is 18.2 Å². The molecule has 1 N–H and O–H groups in total. The molecule has 1 aromatic carbocycles. The Morgan fingerprint density at radius 2 is 1.95 bits per heavy atom. The predicted molar refractivity (Wildman–Crippen MR) is 77.3 cm³/mol. The van der Waals surface area contributed by atoms with Crippen molar-refractivity contribution in [1.82, 2.24) is 15.1 Å². The van der Waals surface area contributed by atoms with E-state index in [1.54, 1.807) is 15.9 Å². The minimum Gasteiger partial charge on any atom is -0.347 e. The van der Waals surface area contributed by atoms with Gasteiger partial charge in [0.25, 0.3) is 0 Å². The van der Waals surface area contributed by atoms with Crippen LogP contribution in [0.15, 0.2) is 24.3 Å². The zero-order valence-corrected chi connectivity index (χ0v) is 12.1. The fourth-order valence-electron chi connectivity index (χ4n) is 2.26. The summed E-state index contributed by atoms with van der Waals surface area (Å²) in [6.45, 7) is 1.86. The number of carbonyl (C=O) groups excluding carboxylic acids is 3. The lowest BCUT2D eigenvalue weighted by Gasteiger charge is -2.32. The fourth-order valence-corrected chi connectivity index (χ4v) is 2.26. The Hall–Kier alpha value is -2.44. The van der Waals surface area contributed by atoms with Crippen LogP contribution in [0.4, 0.5) is 4.39 Å². The molecule has 0 bridgehead atoms. The number of carbonyl (C=O) groups is 3. The van der Waals surface area contributed by atoms with Crippen LogP contribution in [0.25, 0.3) is 0 Å². The molecule has 0 aliphatic carbocycles. The zero-order chi connectivity index (χ0) is 15.9. The number of nitrogens with one attached hydrogen (secondary N) is 1. The van der Waals surface area contributed by atoms with Crippen LogP contribution in [0.3, 0.4) is 0 Å². The van der Waals surface area contributed by atoms with Gasteiger partial charge in [-0.3, -0.25) is 14.4 Å². The molecular weight excluding hydrogens is 289 g/mol. The van der Waals surface area contributed by atoms with Crippen molar-refractivity contribution in [2.75, 3.05) is 32.7 Å². The van der Waals surface area contributed by atoms with Gasteiger partial charge < -0.3 is 15.1 Å². The van der Waals surface area contributed by atoms with E-state index < -0.39 is 5.82 Å². The monoisotopic (exact) mass is 307 g/mol. The van der Waals surface area contributed by atoms with Crippen LogP contribution in [-0.4, -0.2) is 60.7 Å². The molecule has 22 heavy (non-hydrogen) atoms. The first-order valence-corrected chi connectivity index (χ1v) is 7.07. The Morgan fingerprint density at radius 3 is 2.59 bits per heavy atom. The maximum Gasteiger partial charge on any atom is 0.242 e. The Kier molecular flexibility index (Phi) is 5.46. The average Bonchev–Trinajstić information content (AvgIpc) is 2.52. The summed E-state index contributed by atoms with van der Waals surface area (Å²) in [6.07, 6.45) is 0.798. The highest BCUT2D eigenvalue weighted by atomic mass is 19.1. The Bertz CT molecular complexity index is 557. The maximum absolute atomic E-state index is 13.0. The predicted octanol–water partition coefficient (Wildman–Crippen LogP) is -0.215. The van der Waals surface area contributed by atoms with E-state index in [1.807, 2.05) is 0 Å². The number of halogens is 1. The molecule has 0 atom stereocenters. The summed E-state index contributed by atoms with van der Waals surface area (Å²) in [5.41, 5.74) is 0.560. The second-order valence-electron chi connectivity index (χ2n) is 5.11. The summed E-state index contributed by atoms with van der Waals surface area (Å²) in [7, 11) is 0. The van der Waals surface area contributed by atoms with Gasteiger partial charge >= 0.3 is 0 Å². The van der Waals surface area contributed by atoms with E-state index in [1.165, 1.54) is 18.2 Å². The van der Waals surface area contributed by atoms with Gasteiger partial charge in [-0.25, -0.2) is 4.39 Å². The average molecular weight is 307 g/mol. The fraction of sp³-hybridized carbons (Fsp3) is 0.400. The SMILES string of the molecule is O=CN1CCN(C(=O)CNC(=O)Cc2cccc(F)c2)CC1.